The molecule has 2 N–H and O–H groups in total. The molecule has 1 saturated heterocycles. The molecular weight excluding hydrogens is 441 g/mol. The van der Waals surface area contributed by atoms with E-state index in [4.69, 9.17) is 0 Å². The topological polar surface area (TPSA) is 69.6 Å². The van der Waals surface area contributed by atoms with Crippen molar-refractivity contribution in [2.24, 2.45) is 4.99 Å². The second kappa shape index (κ2) is 9.51. The predicted molar refractivity (Wildman–Crippen MR) is 115 cm³/mol. The van der Waals surface area contributed by atoms with E-state index in [0.29, 0.717) is 25.5 Å². The fraction of sp³-hybridized carbons (Fsp3) is 0.316. The second-order valence-electron chi connectivity index (χ2n) is 6.08. The van der Waals surface area contributed by atoms with Gasteiger partial charge in [-0.15, -0.1) is 24.0 Å². The zero-order valence-electron chi connectivity index (χ0n) is 15.0. The van der Waals surface area contributed by atoms with E-state index in [1.807, 2.05) is 60.4 Å². The number of guanidine groups is 1. The first kappa shape index (κ1) is 20.2. The first-order valence-corrected chi connectivity index (χ1v) is 8.41. The van der Waals surface area contributed by atoms with Crippen LogP contribution in [0.2, 0.25) is 0 Å². The summed E-state index contributed by atoms with van der Waals surface area (Å²) in [5, 5.41) is 6.59. The van der Waals surface area contributed by atoms with Crippen LogP contribution < -0.4 is 15.5 Å². The van der Waals surface area contributed by atoms with Gasteiger partial charge in [0.05, 0.1) is 18.3 Å². The van der Waals surface area contributed by atoms with Crippen molar-refractivity contribution in [3.63, 3.8) is 0 Å². The number of pyridine rings is 1. The summed E-state index contributed by atoms with van der Waals surface area (Å²) in [6, 6.07) is 15.7. The minimum atomic E-state index is 0. The van der Waals surface area contributed by atoms with Gasteiger partial charge in [0.2, 0.25) is 5.91 Å². The molecule has 0 bridgehead atoms. The Labute approximate surface area is 171 Å². The highest BCUT2D eigenvalue weighted by atomic mass is 127. The van der Waals surface area contributed by atoms with Crippen molar-refractivity contribution in [2.75, 3.05) is 18.5 Å². The number of aliphatic imine (C=N–C) groups is 1. The van der Waals surface area contributed by atoms with Crippen LogP contribution in [0.3, 0.4) is 0 Å². The molecular formula is C19H24IN5O. The maximum Gasteiger partial charge on any atom is 0.229 e. The third kappa shape index (κ3) is 5.17. The Hall–Kier alpha value is -2.16. The quantitative estimate of drug-likeness (QED) is 0.414. The van der Waals surface area contributed by atoms with Crippen molar-refractivity contribution in [2.45, 2.75) is 25.9 Å². The number of hydrogen-bond donors (Lipinski definition) is 2. The standard InChI is InChI=1S/C19H23N5O.HI/c1-14-7-6-8-15(22-14)12-21-19(20-2)23-16-11-18(25)24(13-16)17-9-4-3-5-10-17;/h3-10,16H,11-13H2,1-2H3,(H2,20,21,23);1H. The molecule has 1 amide bonds. The van der Waals surface area contributed by atoms with Gasteiger partial charge >= 0.3 is 0 Å². The molecule has 1 aliphatic heterocycles. The molecule has 26 heavy (non-hydrogen) atoms. The van der Waals surface area contributed by atoms with E-state index in [0.717, 1.165) is 17.1 Å². The zero-order valence-corrected chi connectivity index (χ0v) is 17.3. The Morgan fingerprint density at radius 1 is 1.23 bits per heavy atom. The fourth-order valence-corrected chi connectivity index (χ4v) is 2.92. The van der Waals surface area contributed by atoms with Crippen LogP contribution >= 0.6 is 24.0 Å². The summed E-state index contributed by atoms with van der Waals surface area (Å²) in [5.74, 6) is 0.801. The number of amides is 1. The number of halogens is 1. The number of anilines is 1. The summed E-state index contributed by atoms with van der Waals surface area (Å²) in [6.45, 7) is 3.19. The van der Waals surface area contributed by atoms with Gasteiger partial charge in [0, 0.05) is 31.4 Å². The number of para-hydroxylation sites is 1. The largest absolute Gasteiger partial charge is 0.351 e. The fourth-order valence-electron chi connectivity index (χ4n) is 2.92. The van der Waals surface area contributed by atoms with E-state index in [1.54, 1.807) is 7.05 Å². The summed E-state index contributed by atoms with van der Waals surface area (Å²) in [6.07, 6.45) is 0.457. The molecule has 1 aromatic heterocycles. The molecule has 1 atom stereocenters. The first-order valence-electron chi connectivity index (χ1n) is 8.41. The Bertz CT molecular complexity index is 766. The van der Waals surface area contributed by atoms with Crippen LogP contribution in [0.15, 0.2) is 53.5 Å². The van der Waals surface area contributed by atoms with Gasteiger partial charge in [0.25, 0.3) is 0 Å². The summed E-state index contributed by atoms with van der Waals surface area (Å²) in [7, 11) is 1.73. The minimum absolute atomic E-state index is 0. The lowest BCUT2D eigenvalue weighted by molar-refractivity contribution is -0.117. The maximum atomic E-state index is 12.3. The maximum absolute atomic E-state index is 12.3. The number of aryl methyl sites for hydroxylation is 1. The highest BCUT2D eigenvalue weighted by Gasteiger charge is 2.30. The molecule has 0 radical (unpaired) electrons. The van der Waals surface area contributed by atoms with Crippen LogP contribution in [0.4, 0.5) is 5.69 Å². The molecule has 3 rings (SSSR count). The van der Waals surface area contributed by atoms with E-state index in [2.05, 4.69) is 20.6 Å². The van der Waals surface area contributed by atoms with Crippen LogP contribution in [0.5, 0.6) is 0 Å². The van der Waals surface area contributed by atoms with Crippen LogP contribution in [-0.4, -0.2) is 36.5 Å². The normalized spacial score (nSPS) is 17.0. The number of hydrogen-bond acceptors (Lipinski definition) is 3. The SMILES string of the molecule is CN=C(NCc1cccc(C)n1)NC1CC(=O)N(c2ccccc2)C1.I. The number of carbonyl (C=O) groups is 1. The predicted octanol–water partition coefficient (Wildman–Crippen LogP) is 2.48. The molecule has 1 fully saturated rings. The Morgan fingerprint density at radius 2 is 2.00 bits per heavy atom. The average Bonchev–Trinajstić information content (AvgIpc) is 2.99. The number of nitrogens with one attached hydrogen (secondary N) is 2. The van der Waals surface area contributed by atoms with E-state index in [9.17, 15) is 4.79 Å². The van der Waals surface area contributed by atoms with Gasteiger partial charge in [-0.2, -0.15) is 0 Å². The van der Waals surface area contributed by atoms with E-state index in [-0.39, 0.29) is 35.9 Å². The molecule has 1 unspecified atom stereocenters. The Balaban J connectivity index is 0.00000243. The first-order chi connectivity index (χ1) is 12.2. The molecule has 0 aliphatic carbocycles. The average molecular weight is 465 g/mol. The van der Waals surface area contributed by atoms with E-state index >= 15 is 0 Å². The molecule has 7 heteroatoms. The lowest BCUT2D eigenvalue weighted by Gasteiger charge is -2.19. The number of aromatic nitrogens is 1. The summed E-state index contributed by atoms with van der Waals surface area (Å²) in [4.78, 5) is 22.8. The second-order valence-corrected chi connectivity index (χ2v) is 6.08. The van der Waals surface area contributed by atoms with Gasteiger partial charge in [-0.25, -0.2) is 0 Å². The van der Waals surface area contributed by atoms with E-state index < -0.39 is 0 Å². The summed E-state index contributed by atoms with van der Waals surface area (Å²) in [5.41, 5.74) is 2.88. The third-order valence-corrected chi connectivity index (χ3v) is 4.14. The smallest absolute Gasteiger partial charge is 0.229 e. The molecule has 6 nitrogen and oxygen atoms in total. The highest BCUT2D eigenvalue weighted by molar-refractivity contribution is 14.0. The Morgan fingerprint density at radius 3 is 2.69 bits per heavy atom. The number of rotatable bonds is 4. The van der Waals surface area contributed by atoms with Crippen LogP contribution in [-0.2, 0) is 11.3 Å². The van der Waals surface area contributed by atoms with Crippen molar-refractivity contribution in [1.82, 2.24) is 15.6 Å². The van der Waals surface area contributed by atoms with Crippen LogP contribution in [0.25, 0.3) is 0 Å². The van der Waals surface area contributed by atoms with Gasteiger partial charge in [-0.1, -0.05) is 24.3 Å². The van der Waals surface area contributed by atoms with Gasteiger partial charge < -0.3 is 15.5 Å². The van der Waals surface area contributed by atoms with Crippen molar-refractivity contribution in [1.29, 1.82) is 0 Å². The lowest BCUT2D eigenvalue weighted by Crippen LogP contribution is -2.44. The van der Waals surface area contributed by atoms with Crippen LogP contribution in [0, 0.1) is 6.92 Å². The van der Waals surface area contributed by atoms with Crippen molar-refractivity contribution in [3.05, 3.63) is 59.9 Å². The van der Waals surface area contributed by atoms with Gasteiger partial charge in [0.15, 0.2) is 5.96 Å². The third-order valence-electron chi connectivity index (χ3n) is 4.14. The zero-order chi connectivity index (χ0) is 17.6. The molecule has 0 spiro atoms. The van der Waals surface area contributed by atoms with Gasteiger partial charge in [-0.3, -0.25) is 14.8 Å². The molecule has 2 heterocycles. The molecule has 1 aliphatic rings. The van der Waals surface area contributed by atoms with Gasteiger partial charge in [-0.05, 0) is 31.2 Å². The monoisotopic (exact) mass is 465 g/mol. The number of benzene rings is 1. The molecule has 1 aromatic carbocycles. The number of carbonyl (C=O) groups excluding carboxylic acids is 1. The molecule has 138 valence electrons. The lowest BCUT2D eigenvalue weighted by atomic mass is 10.2. The van der Waals surface area contributed by atoms with Crippen molar-refractivity contribution in [3.8, 4) is 0 Å². The molecule has 2 aromatic rings. The Kier molecular flexibility index (Phi) is 7.38. The van der Waals surface area contributed by atoms with Crippen molar-refractivity contribution < 1.29 is 4.79 Å². The highest BCUT2D eigenvalue weighted by Crippen LogP contribution is 2.20. The molecule has 0 saturated carbocycles. The van der Waals surface area contributed by atoms with Crippen molar-refractivity contribution >= 4 is 41.5 Å². The van der Waals surface area contributed by atoms with Gasteiger partial charge in [0.1, 0.15) is 0 Å². The minimum Gasteiger partial charge on any atom is -0.351 e. The van der Waals surface area contributed by atoms with Crippen LogP contribution in [0.1, 0.15) is 17.8 Å². The summed E-state index contributed by atoms with van der Waals surface area (Å²) < 4.78 is 0. The summed E-state index contributed by atoms with van der Waals surface area (Å²) >= 11 is 0. The number of nitrogens with zero attached hydrogens (tertiary/aromatic N) is 3. The van der Waals surface area contributed by atoms with E-state index in [1.165, 1.54) is 0 Å².